The van der Waals surface area contributed by atoms with E-state index in [9.17, 15) is 13.2 Å². The SMILES string of the molecule is CN1CCN2CCN(c3ncc(C(F)(F)F)cc3Cl)C[C@H]2C1. The van der Waals surface area contributed by atoms with Gasteiger partial charge in [0.15, 0.2) is 0 Å². The molecule has 3 heterocycles. The molecule has 2 aliphatic rings. The van der Waals surface area contributed by atoms with Crippen molar-refractivity contribution < 1.29 is 13.2 Å². The first-order valence-corrected chi connectivity index (χ1v) is 7.62. The van der Waals surface area contributed by atoms with Crippen LogP contribution in [0, 0.1) is 0 Å². The molecule has 2 saturated heterocycles. The van der Waals surface area contributed by atoms with Crippen molar-refractivity contribution in [1.82, 2.24) is 14.8 Å². The van der Waals surface area contributed by atoms with Crippen molar-refractivity contribution in [2.75, 3.05) is 51.2 Å². The zero-order valence-corrected chi connectivity index (χ0v) is 13.0. The molecule has 1 atom stereocenters. The topological polar surface area (TPSA) is 22.6 Å². The van der Waals surface area contributed by atoms with E-state index in [0.29, 0.717) is 11.9 Å². The quantitative estimate of drug-likeness (QED) is 0.785. The van der Waals surface area contributed by atoms with Gasteiger partial charge < -0.3 is 9.80 Å². The molecule has 1 aromatic heterocycles. The lowest BCUT2D eigenvalue weighted by Gasteiger charge is -2.47. The number of halogens is 4. The molecule has 2 aliphatic heterocycles. The van der Waals surface area contributed by atoms with Gasteiger partial charge in [-0.1, -0.05) is 11.6 Å². The number of anilines is 1. The second-order valence-electron chi connectivity index (χ2n) is 5.93. The van der Waals surface area contributed by atoms with E-state index in [1.807, 2.05) is 4.90 Å². The lowest BCUT2D eigenvalue weighted by molar-refractivity contribution is -0.137. The summed E-state index contributed by atoms with van der Waals surface area (Å²) in [5.41, 5.74) is -0.808. The Labute approximate surface area is 132 Å². The average molecular weight is 335 g/mol. The first kappa shape index (κ1) is 15.8. The van der Waals surface area contributed by atoms with Crippen LogP contribution >= 0.6 is 11.6 Å². The first-order valence-electron chi connectivity index (χ1n) is 7.25. The molecule has 0 aliphatic carbocycles. The van der Waals surface area contributed by atoms with Gasteiger partial charge in [0.1, 0.15) is 5.82 Å². The van der Waals surface area contributed by atoms with Crippen LogP contribution in [0.2, 0.25) is 5.02 Å². The van der Waals surface area contributed by atoms with Crippen LogP contribution in [0.4, 0.5) is 19.0 Å². The van der Waals surface area contributed by atoms with Crippen LogP contribution in [0.5, 0.6) is 0 Å². The van der Waals surface area contributed by atoms with Gasteiger partial charge in [0.2, 0.25) is 0 Å². The molecule has 0 N–H and O–H groups in total. The highest BCUT2D eigenvalue weighted by Gasteiger charge is 2.34. The number of hydrogen-bond acceptors (Lipinski definition) is 4. The van der Waals surface area contributed by atoms with E-state index in [0.717, 1.165) is 51.5 Å². The number of piperazine rings is 2. The maximum Gasteiger partial charge on any atom is 0.417 e. The Balaban J connectivity index is 1.77. The van der Waals surface area contributed by atoms with E-state index in [-0.39, 0.29) is 5.02 Å². The number of fused-ring (bicyclic) bond motifs is 1. The third-order valence-electron chi connectivity index (χ3n) is 4.34. The van der Waals surface area contributed by atoms with Gasteiger partial charge in [-0.2, -0.15) is 13.2 Å². The van der Waals surface area contributed by atoms with Gasteiger partial charge in [0.25, 0.3) is 0 Å². The maximum atomic E-state index is 12.7. The summed E-state index contributed by atoms with van der Waals surface area (Å²) < 4.78 is 38.0. The Kier molecular flexibility index (Phi) is 4.22. The maximum absolute atomic E-state index is 12.7. The summed E-state index contributed by atoms with van der Waals surface area (Å²) in [5.74, 6) is 0.447. The van der Waals surface area contributed by atoms with Crippen molar-refractivity contribution in [3.63, 3.8) is 0 Å². The Morgan fingerprint density at radius 3 is 2.59 bits per heavy atom. The van der Waals surface area contributed by atoms with Crippen LogP contribution < -0.4 is 4.90 Å². The number of rotatable bonds is 1. The molecule has 0 saturated carbocycles. The van der Waals surface area contributed by atoms with Crippen molar-refractivity contribution in [1.29, 1.82) is 0 Å². The van der Waals surface area contributed by atoms with Gasteiger partial charge >= 0.3 is 6.18 Å². The van der Waals surface area contributed by atoms with E-state index in [1.54, 1.807) is 0 Å². The van der Waals surface area contributed by atoms with E-state index in [2.05, 4.69) is 21.8 Å². The molecule has 0 aromatic carbocycles. The predicted octanol–water partition coefficient (Wildman–Crippen LogP) is 2.19. The Morgan fingerprint density at radius 1 is 1.18 bits per heavy atom. The highest BCUT2D eigenvalue weighted by molar-refractivity contribution is 6.33. The summed E-state index contributed by atoms with van der Waals surface area (Å²) in [4.78, 5) is 10.7. The second-order valence-corrected chi connectivity index (χ2v) is 6.33. The van der Waals surface area contributed by atoms with E-state index < -0.39 is 11.7 Å². The van der Waals surface area contributed by atoms with Gasteiger partial charge in [-0.15, -0.1) is 0 Å². The molecule has 22 heavy (non-hydrogen) atoms. The minimum atomic E-state index is -4.42. The van der Waals surface area contributed by atoms with Crippen LogP contribution in [0.25, 0.3) is 0 Å². The minimum absolute atomic E-state index is 0.0624. The highest BCUT2D eigenvalue weighted by atomic mass is 35.5. The minimum Gasteiger partial charge on any atom is -0.352 e. The summed E-state index contributed by atoms with van der Waals surface area (Å²) in [6.07, 6.45) is -3.56. The molecule has 122 valence electrons. The Morgan fingerprint density at radius 2 is 1.91 bits per heavy atom. The molecule has 0 unspecified atom stereocenters. The summed E-state index contributed by atoms with van der Waals surface area (Å²) in [7, 11) is 2.08. The van der Waals surface area contributed by atoms with Crippen LogP contribution in [-0.2, 0) is 6.18 Å². The molecular weight excluding hydrogens is 317 g/mol. The number of nitrogens with zero attached hydrogens (tertiary/aromatic N) is 4. The fraction of sp³-hybridized carbons (Fsp3) is 0.643. The van der Waals surface area contributed by atoms with E-state index >= 15 is 0 Å². The zero-order chi connectivity index (χ0) is 15.9. The number of pyridine rings is 1. The van der Waals surface area contributed by atoms with E-state index in [4.69, 9.17) is 11.6 Å². The van der Waals surface area contributed by atoms with Gasteiger partial charge in [0, 0.05) is 51.5 Å². The van der Waals surface area contributed by atoms with Gasteiger partial charge in [0.05, 0.1) is 10.6 Å². The molecule has 0 amide bonds. The van der Waals surface area contributed by atoms with Crippen LogP contribution in [-0.4, -0.2) is 67.1 Å². The molecule has 4 nitrogen and oxygen atoms in total. The van der Waals surface area contributed by atoms with Crippen molar-refractivity contribution in [3.8, 4) is 0 Å². The lowest BCUT2D eigenvalue weighted by atomic mass is 10.1. The molecule has 0 bridgehead atoms. The molecule has 1 aromatic rings. The van der Waals surface area contributed by atoms with Crippen LogP contribution in [0.3, 0.4) is 0 Å². The van der Waals surface area contributed by atoms with Gasteiger partial charge in [-0.25, -0.2) is 4.98 Å². The van der Waals surface area contributed by atoms with E-state index in [1.165, 1.54) is 0 Å². The number of alkyl halides is 3. The van der Waals surface area contributed by atoms with Crippen molar-refractivity contribution in [2.24, 2.45) is 0 Å². The molecule has 0 radical (unpaired) electrons. The van der Waals surface area contributed by atoms with Gasteiger partial charge in [-0.3, -0.25) is 4.90 Å². The summed E-state index contributed by atoms with van der Waals surface area (Å²) in [6.45, 7) is 5.39. The molecule has 2 fully saturated rings. The average Bonchev–Trinajstić information content (AvgIpc) is 2.45. The number of aromatic nitrogens is 1. The molecule has 0 spiro atoms. The normalized spacial score (nSPS) is 24.4. The largest absolute Gasteiger partial charge is 0.417 e. The zero-order valence-electron chi connectivity index (χ0n) is 12.3. The predicted molar refractivity (Wildman–Crippen MR) is 79.3 cm³/mol. The first-order chi connectivity index (χ1) is 10.3. The molecule has 3 rings (SSSR count). The Bertz CT molecular complexity index is 551. The standard InChI is InChI=1S/C14H18ClF3N4/c1-20-2-3-21-4-5-22(9-11(21)8-20)13-12(15)6-10(7-19-13)14(16,17)18/h6-7,11H,2-5,8-9H2,1H3/t11-/m1/s1. The monoisotopic (exact) mass is 334 g/mol. The fourth-order valence-electron chi connectivity index (χ4n) is 3.12. The Hall–Kier alpha value is -1.05. The molecular formula is C14H18ClF3N4. The van der Waals surface area contributed by atoms with Crippen molar-refractivity contribution in [3.05, 3.63) is 22.8 Å². The highest BCUT2D eigenvalue weighted by Crippen LogP contribution is 2.34. The second kappa shape index (κ2) is 5.86. The van der Waals surface area contributed by atoms with Crippen molar-refractivity contribution >= 4 is 17.4 Å². The van der Waals surface area contributed by atoms with Crippen molar-refractivity contribution in [2.45, 2.75) is 12.2 Å². The third kappa shape index (κ3) is 3.16. The molecule has 8 heteroatoms. The summed E-state index contributed by atoms with van der Waals surface area (Å²) in [5, 5.41) is 0.0624. The van der Waals surface area contributed by atoms with Gasteiger partial charge in [-0.05, 0) is 13.1 Å². The summed E-state index contributed by atoms with van der Waals surface area (Å²) >= 11 is 6.04. The van der Waals surface area contributed by atoms with Crippen LogP contribution in [0.1, 0.15) is 5.56 Å². The number of likely N-dealkylation sites (N-methyl/N-ethyl adjacent to an activating group) is 1. The number of hydrogen-bond donors (Lipinski definition) is 0. The summed E-state index contributed by atoms with van der Waals surface area (Å²) in [6, 6.07) is 1.33. The third-order valence-corrected chi connectivity index (χ3v) is 4.62. The lowest BCUT2D eigenvalue weighted by Crippen LogP contribution is -2.61. The van der Waals surface area contributed by atoms with Crippen LogP contribution in [0.15, 0.2) is 12.3 Å². The fourth-order valence-corrected chi connectivity index (χ4v) is 3.41. The smallest absolute Gasteiger partial charge is 0.352 e.